The summed E-state index contributed by atoms with van der Waals surface area (Å²) in [6.07, 6.45) is 7.50. The van der Waals surface area contributed by atoms with Crippen LogP contribution < -0.4 is 0 Å². The fourth-order valence-electron chi connectivity index (χ4n) is 7.08. The average molecular weight is 402 g/mol. The van der Waals surface area contributed by atoms with Gasteiger partial charge in [0.1, 0.15) is 5.60 Å². The number of ketones is 2. The lowest BCUT2D eigenvalue weighted by molar-refractivity contribution is -0.181. The molecule has 29 heavy (non-hydrogen) atoms. The topological polar surface area (TPSA) is 101 Å². The molecular formula is C23H30O6. The fourth-order valence-corrected chi connectivity index (χ4v) is 7.08. The van der Waals surface area contributed by atoms with Crippen LogP contribution in [0, 0.1) is 28.6 Å². The summed E-state index contributed by atoms with van der Waals surface area (Å²) in [6.45, 7) is 4.80. The molecule has 2 N–H and O–H groups in total. The van der Waals surface area contributed by atoms with Crippen molar-refractivity contribution in [2.24, 2.45) is 28.6 Å². The third kappa shape index (κ3) is 2.79. The Hall–Kier alpha value is -1.79. The minimum absolute atomic E-state index is 0.00243. The lowest BCUT2D eigenvalue weighted by atomic mass is 9.46. The molecule has 158 valence electrons. The van der Waals surface area contributed by atoms with Crippen LogP contribution in [0.4, 0.5) is 0 Å². The summed E-state index contributed by atoms with van der Waals surface area (Å²) in [6, 6.07) is 0. The van der Waals surface area contributed by atoms with Gasteiger partial charge in [0, 0.05) is 23.7 Å². The number of esters is 1. The van der Waals surface area contributed by atoms with Gasteiger partial charge in [-0.3, -0.25) is 14.4 Å². The van der Waals surface area contributed by atoms with E-state index in [0.717, 1.165) is 18.4 Å². The Labute approximate surface area is 171 Å². The van der Waals surface area contributed by atoms with Crippen LogP contribution in [0.5, 0.6) is 0 Å². The van der Waals surface area contributed by atoms with Crippen molar-refractivity contribution >= 4 is 17.5 Å². The van der Waals surface area contributed by atoms with Crippen molar-refractivity contribution in [3.8, 4) is 0 Å². The van der Waals surface area contributed by atoms with Gasteiger partial charge in [0.15, 0.2) is 12.4 Å². The molecule has 0 aliphatic heterocycles. The van der Waals surface area contributed by atoms with Crippen LogP contribution in [-0.4, -0.2) is 46.1 Å². The van der Waals surface area contributed by atoms with E-state index >= 15 is 0 Å². The Bertz CT molecular complexity index is 827. The molecule has 0 amide bonds. The van der Waals surface area contributed by atoms with Gasteiger partial charge in [-0.25, -0.2) is 0 Å². The molecule has 7 atom stereocenters. The van der Waals surface area contributed by atoms with Crippen molar-refractivity contribution < 1.29 is 29.3 Å². The molecule has 3 saturated carbocycles. The minimum atomic E-state index is -1.60. The molecule has 0 spiro atoms. The lowest BCUT2D eigenvalue weighted by Gasteiger charge is -2.59. The first kappa shape index (κ1) is 20.5. The molecule has 0 radical (unpaired) electrons. The average Bonchev–Trinajstić information content (AvgIpc) is 2.91. The van der Waals surface area contributed by atoms with Gasteiger partial charge >= 0.3 is 5.97 Å². The second-order valence-corrected chi connectivity index (χ2v) is 9.81. The maximum absolute atomic E-state index is 12.9. The number of ether oxygens (including phenoxy) is 1. The van der Waals surface area contributed by atoms with Gasteiger partial charge in [0.25, 0.3) is 0 Å². The highest BCUT2D eigenvalue weighted by Gasteiger charge is 2.68. The van der Waals surface area contributed by atoms with Gasteiger partial charge in [0.2, 0.25) is 5.78 Å². The van der Waals surface area contributed by atoms with E-state index in [4.69, 9.17) is 4.74 Å². The smallest absolute Gasteiger partial charge is 0.303 e. The maximum atomic E-state index is 12.9. The first-order valence-corrected chi connectivity index (χ1v) is 10.5. The van der Waals surface area contributed by atoms with Gasteiger partial charge < -0.3 is 14.9 Å². The molecule has 4 aliphatic rings. The van der Waals surface area contributed by atoms with E-state index in [1.54, 1.807) is 12.2 Å². The molecule has 2 unspecified atom stereocenters. The molecule has 3 fully saturated rings. The standard InChI is InChI=1S/C23H30O6/c1-13(24)29-12-19(27)23(28)9-7-17-16-5-4-14-10-15(25)6-8-21(14,2)20(16)18(26)11-22(17,23)3/h6,8,10,16-18,20,26,28H,4-5,7,9,11-12H2,1-3H3/t16-,17-,18-,20+,21?,22?,23-/m0/s1. The molecule has 0 bridgehead atoms. The van der Waals surface area contributed by atoms with Gasteiger partial charge in [0.05, 0.1) is 6.10 Å². The van der Waals surface area contributed by atoms with Gasteiger partial charge in [-0.1, -0.05) is 25.5 Å². The lowest BCUT2D eigenvalue weighted by Crippen LogP contribution is -2.61. The highest BCUT2D eigenvalue weighted by Crippen LogP contribution is 2.67. The van der Waals surface area contributed by atoms with E-state index in [0.29, 0.717) is 19.3 Å². The van der Waals surface area contributed by atoms with E-state index in [9.17, 15) is 24.6 Å². The Kier molecular flexibility index (Phi) is 4.67. The normalized spacial score (nSPS) is 45.7. The van der Waals surface area contributed by atoms with Crippen LogP contribution in [-0.2, 0) is 19.1 Å². The highest BCUT2D eigenvalue weighted by molar-refractivity contribution is 6.01. The molecule has 6 nitrogen and oxygen atoms in total. The largest absolute Gasteiger partial charge is 0.458 e. The van der Waals surface area contributed by atoms with Crippen LogP contribution in [0.3, 0.4) is 0 Å². The Morgan fingerprint density at radius 3 is 2.69 bits per heavy atom. The molecule has 0 saturated heterocycles. The molecule has 0 aromatic heterocycles. The second-order valence-electron chi connectivity index (χ2n) is 9.81. The van der Waals surface area contributed by atoms with Crippen LogP contribution in [0.2, 0.25) is 0 Å². The summed E-state index contributed by atoms with van der Waals surface area (Å²) in [7, 11) is 0. The number of hydrogen-bond donors (Lipinski definition) is 2. The maximum Gasteiger partial charge on any atom is 0.303 e. The monoisotopic (exact) mass is 402 g/mol. The summed E-state index contributed by atoms with van der Waals surface area (Å²) >= 11 is 0. The number of rotatable bonds is 3. The highest BCUT2D eigenvalue weighted by atomic mass is 16.5. The zero-order valence-corrected chi connectivity index (χ0v) is 17.3. The molecule has 0 heterocycles. The predicted octanol–water partition coefficient (Wildman–Crippen LogP) is 2.13. The first-order chi connectivity index (χ1) is 13.5. The van der Waals surface area contributed by atoms with E-state index < -0.39 is 35.5 Å². The molecular weight excluding hydrogens is 372 g/mol. The minimum Gasteiger partial charge on any atom is -0.458 e. The summed E-state index contributed by atoms with van der Waals surface area (Å²) in [5.74, 6) is -0.836. The summed E-state index contributed by atoms with van der Waals surface area (Å²) in [4.78, 5) is 35.9. The SMILES string of the molecule is CC(=O)OCC(=O)[C@@]1(O)CC[C@H]2[C@@H]3CCC4=CC(=O)C=CC4(C)[C@H]3[C@@H](O)CC21C. The number of hydrogen-bond acceptors (Lipinski definition) is 6. The number of allylic oxidation sites excluding steroid dienone is 4. The fraction of sp³-hybridized carbons (Fsp3) is 0.696. The summed E-state index contributed by atoms with van der Waals surface area (Å²) in [5, 5.41) is 22.7. The number of carbonyl (C=O) groups excluding carboxylic acids is 3. The third-order valence-electron chi connectivity index (χ3n) is 8.52. The molecule has 6 heteroatoms. The Morgan fingerprint density at radius 1 is 1.28 bits per heavy atom. The van der Waals surface area contributed by atoms with Crippen molar-refractivity contribution in [2.45, 2.75) is 64.6 Å². The van der Waals surface area contributed by atoms with Crippen molar-refractivity contribution in [1.29, 1.82) is 0 Å². The third-order valence-corrected chi connectivity index (χ3v) is 8.52. The number of aliphatic hydroxyl groups is 2. The van der Waals surface area contributed by atoms with E-state index in [2.05, 4.69) is 6.92 Å². The summed E-state index contributed by atoms with van der Waals surface area (Å²) in [5.41, 5.74) is -1.67. The van der Waals surface area contributed by atoms with E-state index in [1.165, 1.54) is 6.92 Å². The van der Waals surface area contributed by atoms with Crippen LogP contribution in [0.25, 0.3) is 0 Å². The van der Waals surface area contributed by atoms with Crippen molar-refractivity contribution in [3.63, 3.8) is 0 Å². The zero-order chi connectivity index (χ0) is 21.2. The number of carbonyl (C=O) groups is 3. The Morgan fingerprint density at radius 2 is 2.00 bits per heavy atom. The van der Waals surface area contributed by atoms with E-state index in [-0.39, 0.29) is 29.0 Å². The predicted molar refractivity (Wildman–Crippen MR) is 105 cm³/mol. The first-order valence-electron chi connectivity index (χ1n) is 10.5. The van der Waals surface area contributed by atoms with Crippen LogP contribution in [0.15, 0.2) is 23.8 Å². The second kappa shape index (κ2) is 6.61. The van der Waals surface area contributed by atoms with Crippen LogP contribution in [0.1, 0.15) is 52.9 Å². The summed E-state index contributed by atoms with van der Waals surface area (Å²) < 4.78 is 4.88. The molecule has 0 aromatic rings. The quantitative estimate of drug-likeness (QED) is 0.702. The van der Waals surface area contributed by atoms with Gasteiger partial charge in [-0.2, -0.15) is 0 Å². The van der Waals surface area contributed by atoms with Crippen LogP contribution >= 0.6 is 0 Å². The van der Waals surface area contributed by atoms with Gasteiger partial charge in [-0.05, 0) is 56.1 Å². The zero-order valence-electron chi connectivity index (χ0n) is 17.3. The van der Waals surface area contributed by atoms with E-state index in [1.807, 2.05) is 13.0 Å². The number of aliphatic hydroxyl groups excluding tert-OH is 1. The molecule has 0 aromatic carbocycles. The number of fused-ring (bicyclic) bond motifs is 5. The van der Waals surface area contributed by atoms with Crippen molar-refractivity contribution in [1.82, 2.24) is 0 Å². The number of Topliss-reactive ketones (excluding diaryl/α,β-unsaturated/α-hetero) is 1. The van der Waals surface area contributed by atoms with Crippen molar-refractivity contribution in [3.05, 3.63) is 23.8 Å². The van der Waals surface area contributed by atoms with Gasteiger partial charge in [-0.15, -0.1) is 0 Å². The Balaban J connectivity index is 1.66. The molecule has 4 aliphatic carbocycles. The molecule has 4 rings (SSSR count). The van der Waals surface area contributed by atoms with Crippen molar-refractivity contribution in [2.75, 3.05) is 6.61 Å².